The molecule has 6 heteroatoms. The Morgan fingerprint density at radius 2 is 1.86 bits per heavy atom. The van der Waals surface area contributed by atoms with Crippen LogP contribution in [0.4, 0.5) is 0 Å². The lowest BCUT2D eigenvalue weighted by Crippen LogP contribution is -2.46. The van der Waals surface area contributed by atoms with Gasteiger partial charge in [0.05, 0.1) is 18.2 Å². The van der Waals surface area contributed by atoms with Crippen molar-refractivity contribution in [3.63, 3.8) is 0 Å². The maximum Gasteiger partial charge on any atom is 0.328 e. The largest absolute Gasteiger partial charge is 0.464 e. The minimum atomic E-state index is -0.679. The quantitative estimate of drug-likeness (QED) is 0.590. The Balaban J connectivity index is 1.77. The maximum absolute atomic E-state index is 12.9. The Labute approximate surface area is 164 Å². The lowest BCUT2D eigenvalue weighted by atomic mass is 10.00. The second kappa shape index (κ2) is 8.42. The van der Waals surface area contributed by atoms with E-state index in [0.717, 1.165) is 5.69 Å². The fourth-order valence-corrected chi connectivity index (χ4v) is 3.63. The number of hydrogen-bond donors (Lipinski definition) is 1. The van der Waals surface area contributed by atoms with Crippen molar-refractivity contribution in [1.82, 2.24) is 9.88 Å². The molecule has 1 unspecified atom stereocenters. The van der Waals surface area contributed by atoms with Crippen LogP contribution in [0.5, 0.6) is 0 Å². The first-order valence-corrected chi connectivity index (χ1v) is 9.70. The molecule has 1 aliphatic heterocycles. The molecule has 1 aromatic carbocycles. The molecule has 148 valence electrons. The van der Waals surface area contributed by atoms with Crippen molar-refractivity contribution in [1.29, 1.82) is 0 Å². The number of ketones is 1. The van der Waals surface area contributed by atoms with E-state index in [9.17, 15) is 14.4 Å². The van der Waals surface area contributed by atoms with E-state index >= 15 is 0 Å². The number of benzene rings is 1. The van der Waals surface area contributed by atoms with Crippen molar-refractivity contribution in [2.75, 3.05) is 6.61 Å². The molecule has 2 aromatic rings. The molecular formula is C22H26N2O4. The van der Waals surface area contributed by atoms with Gasteiger partial charge in [-0.3, -0.25) is 9.59 Å². The van der Waals surface area contributed by atoms with Gasteiger partial charge >= 0.3 is 5.97 Å². The highest BCUT2D eigenvalue weighted by atomic mass is 16.5. The van der Waals surface area contributed by atoms with Crippen LogP contribution in [0.3, 0.4) is 0 Å². The number of rotatable bonds is 7. The van der Waals surface area contributed by atoms with Crippen molar-refractivity contribution >= 4 is 17.7 Å². The van der Waals surface area contributed by atoms with Crippen LogP contribution in [-0.2, 0) is 20.9 Å². The maximum atomic E-state index is 12.9. The van der Waals surface area contributed by atoms with Gasteiger partial charge in [0, 0.05) is 17.8 Å². The van der Waals surface area contributed by atoms with Crippen molar-refractivity contribution in [2.24, 2.45) is 5.92 Å². The summed E-state index contributed by atoms with van der Waals surface area (Å²) in [6.07, 6.45) is 0.602. The fraction of sp³-hybridized carbons (Fsp3) is 0.409. The summed E-state index contributed by atoms with van der Waals surface area (Å²) in [4.78, 5) is 37.8. The molecule has 0 saturated heterocycles. The van der Waals surface area contributed by atoms with E-state index in [4.69, 9.17) is 4.74 Å². The van der Waals surface area contributed by atoms with Crippen LogP contribution in [-0.4, -0.2) is 34.9 Å². The highest BCUT2D eigenvalue weighted by molar-refractivity contribution is 6.08. The molecule has 1 N–H and O–H groups in total. The predicted octanol–water partition coefficient (Wildman–Crippen LogP) is 2.91. The molecule has 6 nitrogen and oxygen atoms in total. The van der Waals surface area contributed by atoms with E-state index in [1.165, 1.54) is 0 Å². The summed E-state index contributed by atoms with van der Waals surface area (Å²) in [5, 5.41) is 2.84. The third-order valence-electron chi connectivity index (χ3n) is 5.10. The number of hydrogen-bond acceptors (Lipinski definition) is 4. The Morgan fingerprint density at radius 3 is 2.50 bits per heavy atom. The lowest BCUT2D eigenvalue weighted by molar-refractivity contribution is -0.148. The standard InChI is InChI=1S/C22H26N2O4/c1-4-28-22(27)19(14(2)3)23-21(26)16-12-13-24-17(16)10-11-18(24)20(25)15-8-6-5-7-9-15/h5-11,14,16,19H,4,12-13H2,1-3H3,(H,23,26)/t16?,19-/m0/s1. The number of carbonyl (C=O) groups is 3. The number of aromatic nitrogens is 1. The Bertz CT molecular complexity index is 870. The molecule has 0 aliphatic carbocycles. The van der Waals surface area contributed by atoms with E-state index in [-0.39, 0.29) is 30.1 Å². The van der Waals surface area contributed by atoms with E-state index < -0.39 is 12.0 Å². The zero-order valence-electron chi connectivity index (χ0n) is 16.5. The van der Waals surface area contributed by atoms with Crippen LogP contribution in [0.25, 0.3) is 0 Å². The molecule has 1 aliphatic rings. The molecule has 0 spiro atoms. The van der Waals surface area contributed by atoms with Crippen LogP contribution in [0, 0.1) is 5.92 Å². The summed E-state index contributed by atoms with van der Waals surface area (Å²) in [5.74, 6) is -1.14. The molecule has 1 aromatic heterocycles. The fourth-order valence-electron chi connectivity index (χ4n) is 3.63. The molecule has 0 fully saturated rings. The zero-order chi connectivity index (χ0) is 20.3. The van der Waals surface area contributed by atoms with Crippen molar-refractivity contribution < 1.29 is 19.1 Å². The smallest absolute Gasteiger partial charge is 0.328 e. The summed E-state index contributed by atoms with van der Waals surface area (Å²) in [7, 11) is 0. The third kappa shape index (κ3) is 3.86. The van der Waals surface area contributed by atoms with Gasteiger partial charge in [-0.25, -0.2) is 4.79 Å². The number of nitrogens with zero attached hydrogens (tertiary/aromatic N) is 1. The second-order valence-electron chi connectivity index (χ2n) is 7.31. The predicted molar refractivity (Wildman–Crippen MR) is 105 cm³/mol. The molecule has 1 amide bonds. The number of amides is 1. The van der Waals surface area contributed by atoms with Gasteiger partial charge in [0.15, 0.2) is 0 Å². The van der Waals surface area contributed by atoms with Crippen LogP contribution in [0.15, 0.2) is 42.5 Å². The van der Waals surface area contributed by atoms with Gasteiger partial charge in [-0.2, -0.15) is 0 Å². The molecule has 3 rings (SSSR count). The van der Waals surface area contributed by atoms with E-state index in [1.807, 2.05) is 42.7 Å². The second-order valence-corrected chi connectivity index (χ2v) is 7.31. The van der Waals surface area contributed by atoms with Gasteiger partial charge in [0.25, 0.3) is 0 Å². The minimum absolute atomic E-state index is 0.0560. The van der Waals surface area contributed by atoms with Crippen molar-refractivity contribution in [2.45, 2.75) is 45.7 Å². The minimum Gasteiger partial charge on any atom is -0.464 e. The number of fused-ring (bicyclic) bond motifs is 1. The van der Waals surface area contributed by atoms with E-state index in [0.29, 0.717) is 24.2 Å². The molecule has 2 heterocycles. The number of ether oxygens (including phenoxy) is 1. The highest BCUT2D eigenvalue weighted by Crippen LogP contribution is 2.31. The molecular weight excluding hydrogens is 356 g/mol. The first-order chi connectivity index (χ1) is 13.4. The lowest BCUT2D eigenvalue weighted by Gasteiger charge is -2.22. The normalized spacial score (nSPS) is 16.5. The average molecular weight is 382 g/mol. The number of carbonyl (C=O) groups excluding carboxylic acids is 3. The molecule has 0 saturated carbocycles. The topological polar surface area (TPSA) is 77.4 Å². The third-order valence-corrected chi connectivity index (χ3v) is 5.10. The van der Waals surface area contributed by atoms with Crippen LogP contribution in [0.1, 0.15) is 54.9 Å². The van der Waals surface area contributed by atoms with Gasteiger partial charge < -0.3 is 14.6 Å². The number of esters is 1. The SMILES string of the molecule is CCOC(=O)[C@@H](NC(=O)C1CCn2c(C(=O)c3ccccc3)ccc21)C(C)C. The Kier molecular flexibility index (Phi) is 5.97. The van der Waals surface area contributed by atoms with Gasteiger partial charge in [0.1, 0.15) is 6.04 Å². The summed E-state index contributed by atoms with van der Waals surface area (Å²) in [5.41, 5.74) is 2.02. The molecule has 28 heavy (non-hydrogen) atoms. The Hall–Kier alpha value is -2.89. The van der Waals surface area contributed by atoms with E-state index in [1.54, 1.807) is 25.1 Å². The van der Waals surface area contributed by atoms with Gasteiger partial charge in [-0.15, -0.1) is 0 Å². The highest BCUT2D eigenvalue weighted by Gasteiger charge is 2.35. The molecule has 0 bridgehead atoms. The van der Waals surface area contributed by atoms with Gasteiger partial charge in [0.2, 0.25) is 11.7 Å². The van der Waals surface area contributed by atoms with Crippen LogP contribution >= 0.6 is 0 Å². The van der Waals surface area contributed by atoms with Crippen molar-refractivity contribution in [3.05, 3.63) is 59.4 Å². The summed E-state index contributed by atoms with van der Waals surface area (Å²) >= 11 is 0. The van der Waals surface area contributed by atoms with E-state index in [2.05, 4.69) is 5.32 Å². The number of nitrogens with one attached hydrogen (secondary N) is 1. The monoisotopic (exact) mass is 382 g/mol. The summed E-state index contributed by atoms with van der Waals surface area (Å²) < 4.78 is 6.99. The Morgan fingerprint density at radius 1 is 1.14 bits per heavy atom. The van der Waals surface area contributed by atoms with Gasteiger partial charge in [-0.1, -0.05) is 44.2 Å². The molecule has 2 atom stereocenters. The average Bonchev–Trinajstić information content (AvgIpc) is 3.28. The summed E-state index contributed by atoms with van der Waals surface area (Å²) in [6.45, 7) is 6.35. The first-order valence-electron chi connectivity index (χ1n) is 9.70. The van der Waals surface area contributed by atoms with Crippen LogP contribution < -0.4 is 5.32 Å². The van der Waals surface area contributed by atoms with Crippen LogP contribution in [0.2, 0.25) is 0 Å². The first kappa shape index (κ1) is 19.9. The van der Waals surface area contributed by atoms with Gasteiger partial charge in [-0.05, 0) is 31.4 Å². The zero-order valence-corrected chi connectivity index (χ0v) is 16.5. The molecule has 0 radical (unpaired) electrons. The summed E-state index contributed by atoms with van der Waals surface area (Å²) in [6, 6.07) is 12.0. The van der Waals surface area contributed by atoms with Crippen molar-refractivity contribution in [3.8, 4) is 0 Å².